The third-order valence-corrected chi connectivity index (χ3v) is 3.12. The Morgan fingerprint density at radius 1 is 1.28 bits per heavy atom. The van der Waals surface area contributed by atoms with Gasteiger partial charge in [0.05, 0.1) is 0 Å². The quantitative estimate of drug-likeness (QED) is 0.888. The van der Waals surface area contributed by atoms with Crippen LogP contribution < -0.4 is 5.32 Å². The third kappa shape index (κ3) is 3.19. The highest BCUT2D eigenvalue weighted by Crippen LogP contribution is 2.32. The third-order valence-electron chi connectivity index (χ3n) is 3.12. The molecule has 1 aromatic rings. The van der Waals surface area contributed by atoms with Crippen molar-refractivity contribution in [1.29, 1.82) is 0 Å². The van der Waals surface area contributed by atoms with Crippen molar-refractivity contribution in [2.45, 2.75) is 33.2 Å². The van der Waals surface area contributed by atoms with E-state index in [0.29, 0.717) is 18.5 Å². The highest BCUT2D eigenvalue weighted by Gasteiger charge is 2.27. The van der Waals surface area contributed by atoms with Gasteiger partial charge in [0.15, 0.2) is 5.78 Å². The number of halogens is 1. The molecule has 96 valence electrons. The topological polar surface area (TPSA) is 29.1 Å². The summed E-state index contributed by atoms with van der Waals surface area (Å²) in [7, 11) is 0. The smallest absolute Gasteiger partial charge is 0.157 e. The summed E-state index contributed by atoms with van der Waals surface area (Å²) in [5, 5.41) is 3.17. The average molecular weight is 247 g/mol. The summed E-state index contributed by atoms with van der Waals surface area (Å²) in [5.41, 5.74) is 1.51. The number of allylic oxidation sites excluding steroid dienone is 2. The zero-order chi connectivity index (χ0) is 13.2. The van der Waals surface area contributed by atoms with Gasteiger partial charge in [0.2, 0.25) is 0 Å². The van der Waals surface area contributed by atoms with Crippen LogP contribution in [0, 0.1) is 11.2 Å². The molecule has 1 aliphatic rings. The summed E-state index contributed by atoms with van der Waals surface area (Å²) >= 11 is 0. The minimum absolute atomic E-state index is 0.0105. The van der Waals surface area contributed by atoms with Gasteiger partial charge in [0.25, 0.3) is 0 Å². The fraction of sp³-hybridized carbons (Fsp3) is 0.400. The van der Waals surface area contributed by atoms with Crippen LogP contribution in [-0.4, -0.2) is 5.78 Å². The second-order valence-corrected chi connectivity index (χ2v) is 5.60. The second-order valence-electron chi connectivity index (χ2n) is 5.60. The molecule has 0 fully saturated rings. The summed E-state index contributed by atoms with van der Waals surface area (Å²) in [5.74, 6) is -0.0747. The molecule has 3 heteroatoms. The van der Waals surface area contributed by atoms with E-state index in [0.717, 1.165) is 12.1 Å². The maximum Gasteiger partial charge on any atom is 0.157 e. The Morgan fingerprint density at radius 3 is 2.67 bits per heavy atom. The molecule has 2 rings (SSSR count). The molecular weight excluding hydrogens is 229 g/mol. The Kier molecular flexibility index (Phi) is 3.50. The molecular formula is C15H18FNO. The molecule has 0 radical (unpaired) electrons. The molecule has 0 heterocycles. The number of nitrogens with one attached hydrogen (secondary N) is 1. The standard InChI is InChI=1S/C15H18FNO/c1-15(2)8-12(7-13(18)9-15)17-10-11-5-3-4-6-14(11)16/h3-7,17H,8-10H2,1-2H3. The van der Waals surface area contributed by atoms with Crippen LogP contribution >= 0.6 is 0 Å². The van der Waals surface area contributed by atoms with Crippen molar-refractivity contribution in [3.05, 3.63) is 47.4 Å². The van der Waals surface area contributed by atoms with Crippen molar-refractivity contribution >= 4 is 5.78 Å². The molecule has 0 amide bonds. The van der Waals surface area contributed by atoms with Gasteiger partial charge in [-0.05, 0) is 17.9 Å². The minimum atomic E-state index is -0.216. The molecule has 18 heavy (non-hydrogen) atoms. The van der Waals surface area contributed by atoms with Crippen molar-refractivity contribution < 1.29 is 9.18 Å². The molecule has 0 atom stereocenters. The van der Waals surface area contributed by atoms with Gasteiger partial charge in [0, 0.05) is 30.3 Å². The summed E-state index contributed by atoms with van der Waals surface area (Å²) < 4.78 is 13.4. The van der Waals surface area contributed by atoms with E-state index in [1.807, 2.05) is 6.07 Å². The highest BCUT2D eigenvalue weighted by atomic mass is 19.1. The molecule has 0 aromatic heterocycles. The van der Waals surface area contributed by atoms with Gasteiger partial charge < -0.3 is 5.32 Å². The predicted molar refractivity (Wildman–Crippen MR) is 69.3 cm³/mol. The van der Waals surface area contributed by atoms with Gasteiger partial charge in [-0.3, -0.25) is 4.79 Å². The average Bonchev–Trinajstić information content (AvgIpc) is 2.25. The van der Waals surface area contributed by atoms with Crippen LogP contribution in [0.5, 0.6) is 0 Å². The molecule has 0 saturated carbocycles. The first-order valence-corrected chi connectivity index (χ1v) is 6.17. The van der Waals surface area contributed by atoms with Gasteiger partial charge in [-0.15, -0.1) is 0 Å². The molecule has 2 nitrogen and oxygen atoms in total. The molecule has 1 N–H and O–H groups in total. The normalized spacial score (nSPS) is 18.4. The zero-order valence-corrected chi connectivity index (χ0v) is 10.8. The Bertz CT molecular complexity index is 491. The molecule has 0 bridgehead atoms. The number of rotatable bonds is 3. The van der Waals surface area contributed by atoms with Crippen LogP contribution in [0.2, 0.25) is 0 Å². The SMILES string of the molecule is CC1(C)CC(=O)C=C(NCc2ccccc2F)C1. The van der Waals surface area contributed by atoms with E-state index in [4.69, 9.17) is 0 Å². The maximum absolute atomic E-state index is 13.4. The van der Waals surface area contributed by atoms with Crippen molar-refractivity contribution in [2.75, 3.05) is 0 Å². The summed E-state index contributed by atoms with van der Waals surface area (Å²) in [4.78, 5) is 11.6. The molecule has 1 aliphatic carbocycles. The van der Waals surface area contributed by atoms with E-state index >= 15 is 0 Å². The molecule has 0 aliphatic heterocycles. The summed E-state index contributed by atoms with van der Waals surface area (Å²) in [6.07, 6.45) is 3.05. The van der Waals surface area contributed by atoms with Gasteiger partial charge >= 0.3 is 0 Å². The lowest BCUT2D eigenvalue weighted by atomic mass is 9.79. The van der Waals surface area contributed by atoms with Gasteiger partial charge in [0.1, 0.15) is 5.82 Å². The Morgan fingerprint density at radius 2 is 2.00 bits per heavy atom. The molecule has 0 saturated heterocycles. The number of hydrogen-bond donors (Lipinski definition) is 1. The van der Waals surface area contributed by atoms with E-state index in [-0.39, 0.29) is 17.0 Å². The zero-order valence-electron chi connectivity index (χ0n) is 10.8. The van der Waals surface area contributed by atoms with E-state index in [9.17, 15) is 9.18 Å². The lowest BCUT2D eigenvalue weighted by Crippen LogP contribution is -2.27. The van der Waals surface area contributed by atoms with Crippen LogP contribution in [0.25, 0.3) is 0 Å². The van der Waals surface area contributed by atoms with Gasteiger partial charge in [-0.25, -0.2) is 4.39 Å². The van der Waals surface area contributed by atoms with E-state index in [1.165, 1.54) is 6.07 Å². The van der Waals surface area contributed by atoms with E-state index < -0.39 is 0 Å². The summed E-state index contributed by atoms with van der Waals surface area (Å²) in [6.45, 7) is 4.56. The maximum atomic E-state index is 13.4. The van der Waals surface area contributed by atoms with Crippen molar-refractivity contribution in [2.24, 2.45) is 5.41 Å². The van der Waals surface area contributed by atoms with E-state index in [1.54, 1.807) is 18.2 Å². The Labute approximate surface area is 107 Å². The Hall–Kier alpha value is -1.64. The Balaban J connectivity index is 2.03. The number of carbonyl (C=O) groups excluding carboxylic acids is 1. The summed E-state index contributed by atoms with van der Waals surface area (Å²) in [6, 6.07) is 6.68. The minimum Gasteiger partial charge on any atom is -0.384 e. The van der Waals surface area contributed by atoms with Crippen LogP contribution in [-0.2, 0) is 11.3 Å². The van der Waals surface area contributed by atoms with Gasteiger partial charge in [-0.1, -0.05) is 32.0 Å². The predicted octanol–water partition coefficient (Wildman–Crippen LogP) is 3.19. The van der Waals surface area contributed by atoms with Crippen LogP contribution in [0.15, 0.2) is 36.0 Å². The number of carbonyl (C=O) groups is 1. The van der Waals surface area contributed by atoms with Crippen molar-refractivity contribution in [3.63, 3.8) is 0 Å². The van der Waals surface area contributed by atoms with Crippen molar-refractivity contribution in [1.82, 2.24) is 5.32 Å². The first-order chi connectivity index (χ1) is 8.46. The lowest BCUT2D eigenvalue weighted by Gasteiger charge is -2.29. The van der Waals surface area contributed by atoms with Gasteiger partial charge in [-0.2, -0.15) is 0 Å². The molecule has 0 unspecified atom stereocenters. The number of ketones is 1. The largest absolute Gasteiger partial charge is 0.384 e. The molecule has 1 aromatic carbocycles. The fourth-order valence-corrected chi connectivity index (χ4v) is 2.31. The van der Waals surface area contributed by atoms with Crippen LogP contribution in [0.3, 0.4) is 0 Å². The second kappa shape index (κ2) is 4.92. The van der Waals surface area contributed by atoms with Crippen LogP contribution in [0.4, 0.5) is 4.39 Å². The fourth-order valence-electron chi connectivity index (χ4n) is 2.31. The highest BCUT2D eigenvalue weighted by molar-refractivity contribution is 5.91. The first kappa shape index (κ1) is 12.8. The van der Waals surface area contributed by atoms with Crippen LogP contribution in [0.1, 0.15) is 32.3 Å². The number of hydrogen-bond acceptors (Lipinski definition) is 2. The number of benzene rings is 1. The van der Waals surface area contributed by atoms with Crippen molar-refractivity contribution in [3.8, 4) is 0 Å². The molecule has 0 spiro atoms. The monoisotopic (exact) mass is 247 g/mol. The first-order valence-electron chi connectivity index (χ1n) is 6.17. The lowest BCUT2D eigenvalue weighted by molar-refractivity contribution is -0.117. The van der Waals surface area contributed by atoms with E-state index in [2.05, 4.69) is 19.2 Å².